The summed E-state index contributed by atoms with van der Waals surface area (Å²) in [7, 11) is -1.61. The highest BCUT2D eigenvalue weighted by Gasteiger charge is 2.22. The second kappa shape index (κ2) is 8.43. The molecule has 0 heterocycles. The number of nitrogens with zero attached hydrogens (tertiary/aromatic N) is 1. The van der Waals surface area contributed by atoms with Gasteiger partial charge in [0.25, 0.3) is 0 Å². The van der Waals surface area contributed by atoms with E-state index in [-0.39, 0.29) is 6.04 Å². The molecule has 1 unspecified atom stereocenters. The van der Waals surface area contributed by atoms with Crippen LogP contribution in [0.25, 0.3) is 0 Å². The Morgan fingerprint density at radius 2 is 2.00 bits per heavy atom. The van der Waals surface area contributed by atoms with E-state index in [1.165, 1.54) is 0 Å². The molecule has 3 N–H and O–H groups in total. The van der Waals surface area contributed by atoms with Crippen molar-refractivity contribution in [2.45, 2.75) is 39.3 Å². The van der Waals surface area contributed by atoms with Crippen LogP contribution in [0, 0.1) is 0 Å². The van der Waals surface area contributed by atoms with Gasteiger partial charge in [-0.2, -0.15) is 0 Å². The summed E-state index contributed by atoms with van der Waals surface area (Å²) in [4.78, 5) is 4.40. The minimum absolute atomic E-state index is 0.115. The molecule has 0 saturated heterocycles. The zero-order chi connectivity index (χ0) is 15.8. The van der Waals surface area contributed by atoms with Crippen LogP contribution in [-0.4, -0.2) is 59.0 Å². The Morgan fingerprint density at radius 3 is 2.45 bits per heavy atom. The summed E-state index contributed by atoms with van der Waals surface area (Å²) in [5.41, 5.74) is -0.638. The van der Waals surface area contributed by atoms with Crippen molar-refractivity contribution in [3.05, 3.63) is 0 Å². The highest BCUT2D eigenvalue weighted by molar-refractivity contribution is 7.88. The van der Waals surface area contributed by atoms with Gasteiger partial charge in [-0.1, -0.05) is 0 Å². The summed E-state index contributed by atoms with van der Waals surface area (Å²) in [5.74, 6) is 0.639. The molecule has 0 rings (SSSR count). The molecule has 0 aliphatic rings. The predicted molar refractivity (Wildman–Crippen MR) is 82.5 cm³/mol. The van der Waals surface area contributed by atoms with Crippen molar-refractivity contribution in [2.75, 3.05) is 33.1 Å². The average Bonchev–Trinajstić information content (AvgIpc) is 2.23. The fourth-order valence-electron chi connectivity index (χ4n) is 1.66. The number of sulfonamides is 1. The van der Waals surface area contributed by atoms with E-state index < -0.39 is 15.6 Å². The topological polar surface area (TPSA) is 91.8 Å². The lowest BCUT2D eigenvalue weighted by Crippen LogP contribution is -2.48. The van der Waals surface area contributed by atoms with Gasteiger partial charge in [0, 0.05) is 25.2 Å². The van der Waals surface area contributed by atoms with Crippen LogP contribution in [0.1, 0.15) is 27.7 Å². The molecule has 0 aromatic rings. The van der Waals surface area contributed by atoms with Crippen molar-refractivity contribution in [3.63, 3.8) is 0 Å². The summed E-state index contributed by atoms with van der Waals surface area (Å²) in [5, 5.41) is 6.30. The van der Waals surface area contributed by atoms with E-state index in [1.807, 2.05) is 13.8 Å². The zero-order valence-corrected chi connectivity index (χ0v) is 14.1. The van der Waals surface area contributed by atoms with Crippen LogP contribution in [0.3, 0.4) is 0 Å². The number of rotatable bonds is 8. The molecule has 0 amide bonds. The third-order valence-electron chi connectivity index (χ3n) is 2.24. The van der Waals surface area contributed by atoms with Crippen LogP contribution in [0.15, 0.2) is 4.99 Å². The Bertz CT molecular complexity index is 407. The fraction of sp³-hybridized carbons (Fsp3) is 0.917. The van der Waals surface area contributed by atoms with Crippen molar-refractivity contribution in [2.24, 2.45) is 4.99 Å². The van der Waals surface area contributed by atoms with Crippen LogP contribution < -0.4 is 15.4 Å². The normalized spacial score (nSPS) is 15.0. The maximum absolute atomic E-state index is 11.3. The molecule has 20 heavy (non-hydrogen) atoms. The SMILES string of the molecule is CCNC(=NCC(C)(C)NS(C)(=O)=O)NC(C)COC. The van der Waals surface area contributed by atoms with Crippen molar-refractivity contribution in [3.8, 4) is 0 Å². The predicted octanol–water partition coefficient (Wildman–Crippen LogP) is -0.0958. The number of hydrogen-bond donors (Lipinski definition) is 3. The first-order valence-electron chi connectivity index (χ1n) is 6.62. The summed E-state index contributed by atoms with van der Waals surface area (Å²) in [6.07, 6.45) is 1.14. The molecule has 8 heteroatoms. The van der Waals surface area contributed by atoms with Crippen molar-refractivity contribution in [1.82, 2.24) is 15.4 Å². The minimum Gasteiger partial charge on any atom is -0.383 e. The maximum Gasteiger partial charge on any atom is 0.209 e. The lowest BCUT2D eigenvalue weighted by Gasteiger charge is -2.24. The Kier molecular flexibility index (Phi) is 8.07. The Hall–Kier alpha value is -0.860. The molecule has 0 radical (unpaired) electrons. The quantitative estimate of drug-likeness (QED) is 0.430. The zero-order valence-electron chi connectivity index (χ0n) is 13.3. The van der Waals surface area contributed by atoms with Gasteiger partial charge in [0.2, 0.25) is 10.0 Å². The molecular formula is C12H28N4O3S. The van der Waals surface area contributed by atoms with E-state index in [4.69, 9.17) is 4.74 Å². The Morgan fingerprint density at radius 1 is 1.40 bits per heavy atom. The fourth-order valence-corrected chi connectivity index (χ4v) is 2.72. The summed E-state index contributed by atoms with van der Waals surface area (Å²) in [6, 6.07) is 0.115. The number of hydrogen-bond acceptors (Lipinski definition) is 4. The molecule has 0 fully saturated rings. The Labute approximate surface area is 122 Å². The molecule has 120 valence electrons. The van der Waals surface area contributed by atoms with Gasteiger partial charge in [0.1, 0.15) is 0 Å². The first-order chi connectivity index (χ1) is 9.09. The molecular weight excluding hydrogens is 280 g/mol. The largest absolute Gasteiger partial charge is 0.383 e. The monoisotopic (exact) mass is 308 g/mol. The van der Waals surface area contributed by atoms with E-state index in [2.05, 4.69) is 20.3 Å². The number of ether oxygens (including phenoxy) is 1. The highest BCUT2D eigenvalue weighted by atomic mass is 32.2. The average molecular weight is 308 g/mol. The van der Waals surface area contributed by atoms with E-state index in [9.17, 15) is 8.42 Å². The molecule has 0 saturated carbocycles. The third-order valence-corrected chi connectivity index (χ3v) is 3.16. The first kappa shape index (κ1) is 19.1. The van der Waals surface area contributed by atoms with Crippen LogP contribution in [0.5, 0.6) is 0 Å². The van der Waals surface area contributed by atoms with E-state index in [0.29, 0.717) is 19.1 Å². The lowest BCUT2D eigenvalue weighted by atomic mass is 10.1. The van der Waals surface area contributed by atoms with Gasteiger partial charge in [-0.25, -0.2) is 13.1 Å². The van der Waals surface area contributed by atoms with Crippen molar-refractivity contribution < 1.29 is 13.2 Å². The van der Waals surface area contributed by atoms with Crippen molar-refractivity contribution >= 4 is 16.0 Å². The molecule has 0 spiro atoms. The maximum atomic E-state index is 11.3. The number of nitrogens with one attached hydrogen (secondary N) is 3. The molecule has 0 aliphatic carbocycles. The van der Waals surface area contributed by atoms with Gasteiger partial charge in [-0.05, 0) is 27.7 Å². The lowest BCUT2D eigenvalue weighted by molar-refractivity contribution is 0.179. The van der Waals surface area contributed by atoms with Gasteiger partial charge >= 0.3 is 0 Å². The van der Waals surface area contributed by atoms with Gasteiger partial charge in [0.15, 0.2) is 5.96 Å². The second-order valence-corrected chi connectivity index (χ2v) is 7.20. The van der Waals surface area contributed by atoms with Crippen LogP contribution >= 0.6 is 0 Å². The second-order valence-electron chi connectivity index (χ2n) is 5.45. The molecule has 7 nitrogen and oxygen atoms in total. The van der Waals surface area contributed by atoms with Crippen LogP contribution in [0.4, 0.5) is 0 Å². The summed E-state index contributed by atoms with van der Waals surface area (Å²) < 4.78 is 30.2. The Balaban J connectivity index is 4.67. The third kappa shape index (κ3) is 9.99. The van der Waals surface area contributed by atoms with Gasteiger partial charge in [0.05, 0.1) is 19.4 Å². The van der Waals surface area contributed by atoms with Gasteiger partial charge < -0.3 is 15.4 Å². The smallest absolute Gasteiger partial charge is 0.209 e. The first-order valence-corrected chi connectivity index (χ1v) is 8.51. The van der Waals surface area contributed by atoms with E-state index >= 15 is 0 Å². The number of guanidine groups is 1. The molecule has 0 bridgehead atoms. The van der Waals surface area contributed by atoms with Crippen LogP contribution in [0.2, 0.25) is 0 Å². The molecule has 1 atom stereocenters. The van der Waals surface area contributed by atoms with Crippen LogP contribution in [-0.2, 0) is 14.8 Å². The molecule has 0 aliphatic heterocycles. The van der Waals surface area contributed by atoms with Crippen molar-refractivity contribution in [1.29, 1.82) is 0 Å². The standard InChI is InChI=1S/C12H28N4O3S/c1-7-13-11(15-10(2)8-19-5)14-9-12(3,4)16-20(6,17)18/h10,16H,7-9H2,1-6H3,(H2,13,14,15). The summed E-state index contributed by atoms with van der Waals surface area (Å²) in [6.45, 7) is 9.16. The van der Waals surface area contributed by atoms with E-state index in [1.54, 1.807) is 21.0 Å². The highest BCUT2D eigenvalue weighted by Crippen LogP contribution is 2.04. The molecule has 0 aromatic carbocycles. The molecule has 0 aromatic heterocycles. The number of methoxy groups -OCH3 is 1. The summed E-state index contributed by atoms with van der Waals surface area (Å²) >= 11 is 0. The van der Waals surface area contributed by atoms with E-state index in [0.717, 1.165) is 12.8 Å². The van der Waals surface area contributed by atoms with Gasteiger partial charge in [-0.3, -0.25) is 4.99 Å². The minimum atomic E-state index is -3.25. The number of aliphatic imine (C=N–C) groups is 1. The van der Waals surface area contributed by atoms with Gasteiger partial charge in [-0.15, -0.1) is 0 Å².